The molecule has 1 aromatic carbocycles. The molecule has 16 heavy (non-hydrogen) atoms. The van der Waals surface area contributed by atoms with E-state index in [9.17, 15) is 4.79 Å². The normalized spacial score (nSPS) is 11.9. The minimum absolute atomic E-state index is 0.385. The van der Waals surface area contributed by atoms with Crippen LogP contribution in [0.1, 0.15) is 25.8 Å². The number of amides is 1. The number of benzene rings is 1. The van der Waals surface area contributed by atoms with E-state index in [1.807, 2.05) is 31.2 Å². The Balaban J connectivity index is 2.37. The number of carbonyl (C=O) groups excluding carboxylic acids is 1. The van der Waals surface area contributed by atoms with Crippen LogP contribution < -0.4 is 5.32 Å². The summed E-state index contributed by atoms with van der Waals surface area (Å²) in [5.41, 5.74) is 1.93. The molecule has 0 saturated heterocycles. The SMILES string of the molecule is CC[C@H](C)COC(=O)Nc1ccc(C)cc1. The smallest absolute Gasteiger partial charge is 0.411 e. The van der Waals surface area contributed by atoms with E-state index in [2.05, 4.69) is 19.2 Å². The molecular formula is C13H19NO2. The lowest BCUT2D eigenvalue weighted by Gasteiger charge is -2.10. The number of rotatable bonds is 4. The molecule has 1 amide bonds. The molecule has 88 valence electrons. The summed E-state index contributed by atoms with van der Waals surface area (Å²) in [6, 6.07) is 7.62. The van der Waals surface area contributed by atoms with Crippen molar-refractivity contribution in [3.63, 3.8) is 0 Å². The molecule has 0 aliphatic carbocycles. The molecule has 0 spiro atoms. The first-order valence-corrected chi connectivity index (χ1v) is 5.62. The van der Waals surface area contributed by atoms with Crippen LogP contribution in [0, 0.1) is 12.8 Å². The van der Waals surface area contributed by atoms with Gasteiger partial charge in [-0.3, -0.25) is 5.32 Å². The zero-order chi connectivity index (χ0) is 12.0. The lowest BCUT2D eigenvalue weighted by Crippen LogP contribution is -2.17. The number of anilines is 1. The number of hydrogen-bond acceptors (Lipinski definition) is 2. The summed E-state index contributed by atoms with van der Waals surface area (Å²) >= 11 is 0. The molecule has 0 aliphatic heterocycles. The Kier molecular flexibility index (Phi) is 4.83. The van der Waals surface area contributed by atoms with E-state index in [0.717, 1.165) is 12.1 Å². The third-order valence-electron chi connectivity index (χ3n) is 2.49. The van der Waals surface area contributed by atoms with E-state index >= 15 is 0 Å². The molecule has 0 fully saturated rings. The Bertz CT molecular complexity index is 332. The minimum atomic E-state index is -0.385. The molecule has 0 radical (unpaired) electrons. The molecule has 1 rings (SSSR count). The molecule has 1 N–H and O–H groups in total. The van der Waals surface area contributed by atoms with E-state index in [4.69, 9.17) is 4.74 Å². The maximum absolute atomic E-state index is 11.4. The molecule has 0 aromatic heterocycles. The third kappa shape index (κ3) is 4.34. The van der Waals surface area contributed by atoms with Crippen LogP contribution >= 0.6 is 0 Å². The molecule has 3 heteroatoms. The summed E-state index contributed by atoms with van der Waals surface area (Å²) in [5, 5.41) is 2.69. The Morgan fingerprint density at radius 1 is 1.38 bits per heavy atom. The van der Waals surface area contributed by atoms with Crippen LogP contribution in [0.2, 0.25) is 0 Å². The van der Waals surface area contributed by atoms with Crippen molar-refractivity contribution in [2.45, 2.75) is 27.2 Å². The van der Waals surface area contributed by atoms with Crippen LogP contribution in [0.4, 0.5) is 10.5 Å². The molecule has 3 nitrogen and oxygen atoms in total. The minimum Gasteiger partial charge on any atom is -0.449 e. The summed E-state index contributed by atoms with van der Waals surface area (Å²) in [6.07, 6.45) is 0.627. The molecule has 0 unspecified atom stereocenters. The van der Waals surface area contributed by atoms with Gasteiger partial charge in [0.15, 0.2) is 0 Å². The van der Waals surface area contributed by atoms with Crippen molar-refractivity contribution in [3.05, 3.63) is 29.8 Å². The van der Waals surface area contributed by atoms with E-state index in [1.54, 1.807) is 0 Å². The Morgan fingerprint density at radius 2 is 2.00 bits per heavy atom. The molecule has 1 aromatic rings. The first-order chi connectivity index (χ1) is 7.61. The largest absolute Gasteiger partial charge is 0.449 e. The van der Waals surface area contributed by atoms with Gasteiger partial charge in [0.2, 0.25) is 0 Å². The summed E-state index contributed by atoms with van der Waals surface area (Å²) in [6.45, 7) is 6.60. The predicted molar refractivity (Wildman–Crippen MR) is 65.6 cm³/mol. The highest BCUT2D eigenvalue weighted by atomic mass is 16.5. The molecule has 0 bridgehead atoms. The highest BCUT2D eigenvalue weighted by molar-refractivity contribution is 5.84. The summed E-state index contributed by atoms with van der Waals surface area (Å²) in [4.78, 5) is 11.4. The molecular weight excluding hydrogens is 202 g/mol. The molecule has 1 atom stereocenters. The maximum Gasteiger partial charge on any atom is 0.411 e. The van der Waals surface area contributed by atoms with Gasteiger partial charge in [-0.2, -0.15) is 0 Å². The van der Waals surface area contributed by atoms with Crippen LogP contribution in [0.15, 0.2) is 24.3 Å². The second kappa shape index (κ2) is 6.16. The predicted octanol–water partition coefficient (Wildman–Crippen LogP) is 3.59. The van der Waals surface area contributed by atoms with Crippen molar-refractivity contribution in [2.75, 3.05) is 11.9 Å². The summed E-state index contributed by atoms with van der Waals surface area (Å²) in [5.74, 6) is 0.406. The molecule has 0 heterocycles. The number of ether oxygens (including phenoxy) is 1. The van der Waals surface area contributed by atoms with E-state index in [1.165, 1.54) is 5.56 Å². The summed E-state index contributed by atoms with van der Waals surface area (Å²) in [7, 11) is 0. The van der Waals surface area contributed by atoms with Crippen molar-refractivity contribution in [3.8, 4) is 0 Å². The first-order valence-electron chi connectivity index (χ1n) is 5.62. The van der Waals surface area contributed by atoms with E-state index < -0.39 is 0 Å². The molecule has 0 aliphatic rings. The van der Waals surface area contributed by atoms with Gasteiger partial charge in [0.05, 0.1) is 6.61 Å². The number of hydrogen-bond donors (Lipinski definition) is 1. The van der Waals surface area contributed by atoms with Crippen molar-refractivity contribution in [1.29, 1.82) is 0 Å². The van der Waals surface area contributed by atoms with Crippen LogP contribution in [0.5, 0.6) is 0 Å². The summed E-state index contributed by atoms with van der Waals surface area (Å²) < 4.78 is 5.08. The first kappa shape index (κ1) is 12.6. The van der Waals surface area contributed by atoms with Crippen LogP contribution in [0.3, 0.4) is 0 Å². The second-order valence-corrected chi connectivity index (χ2v) is 4.10. The monoisotopic (exact) mass is 221 g/mol. The van der Waals surface area contributed by atoms with Crippen LogP contribution in [-0.2, 0) is 4.74 Å². The fourth-order valence-electron chi connectivity index (χ4n) is 1.13. The topological polar surface area (TPSA) is 38.3 Å². The van der Waals surface area contributed by atoms with Crippen molar-refractivity contribution < 1.29 is 9.53 Å². The van der Waals surface area contributed by atoms with E-state index in [-0.39, 0.29) is 6.09 Å². The zero-order valence-corrected chi connectivity index (χ0v) is 10.1. The van der Waals surface area contributed by atoms with E-state index in [0.29, 0.717) is 12.5 Å². The Hall–Kier alpha value is -1.51. The average Bonchev–Trinajstić information content (AvgIpc) is 2.29. The average molecular weight is 221 g/mol. The van der Waals surface area contributed by atoms with Crippen molar-refractivity contribution in [2.24, 2.45) is 5.92 Å². The van der Waals surface area contributed by atoms with Crippen molar-refractivity contribution >= 4 is 11.8 Å². The van der Waals surface area contributed by atoms with Crippen LogP contribution in [-0.4, -0.2) is 12.7 Å². The highest BCUT2D eigenvalue weighted by Crippen LogP contribution is 2.09. The standard InChI is InChI=1S/C13H19NO2/c1-4-10(2)9-16-13(15)14-12-7-5-11(3)6-8-12/h5-8,10H,4,9H2,1-3H3,(H,14,15)/t10-/m0/s1. The highest BCUT2D eigenvalue weighted by Gasteiger charge is 2.05. The zero-order valence-electron chi connectivity index (χ0n) is 10.1. The lowest BCUT2D eigenvalue weighted by molar-refractivity contribution is 0.143. The maximum atomic E-state index is 11.4. The third-order valence-corrected chi connectivity index (χ3v) is 2.49. The van der Waals surface area contributed by atoms with Gasteiger partial charge in [-0.1, -0.05) is 38.0 Å². The van der Waals surface area contributed by atoms with Gasteiger partial charge in [0.25, 0.3) is 0 Å². The van der Waals surface area contributed by atoms with Gasteiger partial charge in [-0.15, -0.1) is 0 Å². The number of aryl methyl sites for hydroxylation is 1. The van der Waals surface area contributed by atoms with Crippen molar-refractivity contribution in [1.82, 2.24) is 0 Å². The van der Waals surface area contributed by atoms with Gasteiger partial charge >= 0.3 is 6.09 Å². The van der Waals surface area contributed by atoms with Gasteiger partial charge in [0, 0.05) is 5.69 Å². The number of carbonyl (C=O) groups is 1. The second-order valence-electron chi connectivity index (χ2n) is 4.10. The molecule has 0 saturated carbocycles. The Morgan fingerprint density at radius 3 is 2.56 bits per heavy atom. The fourth-order valence-corrected chi connectivity index (χ4v) is 1.13. The fraction of sp³-hybridized carbons (Fsp3) is 0.462. The van der Waals surface area contributed by atoms with Gasteiger partial charge < -0.3 is 4.74 Å². The Labute approximate surface area is 96.8 Å². The lowest BCUT2D eigenvalue weighted by atomic mass is 10.1. The van der Waals surface area contributed by atoms with Gasteiger partial charge in [0.1, 0.15) is 0 Å². The number of nitrogens with one attached hydrogen (secondary N) is 1. The quantitative estimate of drug-likeness (QED) is 0.843. The van der Waals surface area contributed by atoms with Crippen LogP contribution in [0.25, 0.3) is 0 Å². The van der Waals surface area contributed by atoms with Gasteiger partial charge in [-0.05, 0) is 25.0 Å². The van der Waals surface area contributed by atoms with Gasteiger partial charge in [-0.25, -0.2) is 4.79 Å².